The number of aliphatic hydroxyl groups is 1. The Hall–Kier alpha value is -1.88. The van der Waals surface area contributed by atoms with Crippen LogP contribution in [0.25, 0.3) is 0 Å². The molecule has 0 aliphatic heterocycles. The smallest absolute Gasteiger partial charge is 0.302 e. The Morgan fingerprint density at radius 3 is 1.65 bits per heavy atom. The Bertz CT molecular complexity index is 321. The average Bonchev–Trinajstić information content (AvgIpc) is 2.59. The number of hydrogen-bond acceptors (Lipinski definition) is 4. The fourth-order valence-electron chi connectivity index (χ4n) is 1.96. The van der Waals surface area contributed by atoms with Crippen LogP contribution in [0.4, 0.5) is 0 Å². The van der Waals surface area contributed by atoms with Crippen LogP contribution in [-0.2, 0) is 14.3 Å². The fraction of sp³-hybridized carbons (Fsp3) is 0.556. The Morgan fingerprint density at radius 2 is 1.48 bits per heavy atom. The normalized spacial score (nSPS) is 12.8. The van der Waals surface area contributed by atoms with E-state index in [4.69, 9.17) is 15.0 Å². The van der Waals surface area contributed by atoms with Gasteiger partial charge < -0.3 is 14.9 Å². The first-order valence-corrected chi connectivity index (χ1v) is 7.94. The van der Waals surface area contributed by atoms with E-state index >= 15 is 0 Å². The third-order valence-corrected chi connectivity index (χ3v) is 3.00. The Balaban J connectivity index is 0. The predicted octanol–water partition coefficient (Wildman–Crippen LogP) is 3.52. The lowest BCUT2D eigenvalue weighted by Crippen LogP contribution is -2.09. The van der Waals surface area contributed by atoms with Crippen LogP contribution >= 0.6 is 0 Å². The predicted molar refractivity (Wildman–Crippen MR) is 91.1 cm³/mol. The number of hydrogen-bond donors (Lipinski definition) is 2. The first-order chi connectivity index (χ1) is 11.1. The van der Waals surface area contributed by atoms with Crippen molar-refractivity contribution in [1.82, 2.24) is 0 Å². The highest BCUT2D eigenvalue weighted by Gasteiger charge is 2.10. The monoisotopic (exact) mass is 326 g/mol. The average molecular weight is 326 g/mol. The molecule has 1 saturated carbocycles. The minimum Gasteiger partial charge on any atom is -0.483 e. The van der Waals surface area contributed by atoms with Gasteiger partial charge in [-0.1, -0.05) is 55.7 Å². The summed E-state index contributed by atoms with van der Waals surface area (Å²) in [6.07, 6.45) is 6.58. The maximum atomic E-state index is 9.82. The number of aliphatic hydroxyl groups excluding tert-OH is 1. The highest BCUT2D eigenvalue weighted by Crippen LogP contribution is 2.22. The van der Waals surface area contributed by atoms with Crippen molar-refractivity contribution in [3.63, 3.8) is 0 Å². The van der Waals surface area contributed by atoms with E-state index in [1.54, 1.807) is 6.92 Å². The molecule has 0 unspecified atom stereocenters. The standard InChI is InChI=1S/C7H14O.C6H6.C4H8O2.CH2O2/c8-6-7-4-2-1-3-5-7;1-2-4-6-5-3-1;1-3-6-4(2)5;2-1-3/h7-8H,1-6H2;1-6H;3H2,1-2H3;1H,(H,2,3). The van der Waals surface area contributed by atoms with Gasteiger partial charge in [0.05, 0.1) is 6.61 Å². The largest absolute Gasteiger partial charge is 0.483 e. The highest BCUT2D eigenvalue weighted by atomic mass is 16.5. The number of rotatable bonds is 2. The lowest BCUT2D eigenvalue weighted by Gasteiger charge is -2.18. The van der Waals surface area contributed by atoms with Crippen LogP contribution in [0, 0.1) is 5.92 Å². The number of carboxylic acid groups (broad SMARTS) is 1. The quantitative estimate of drug-likeness (QED) is 0.642. The fourth-order valence-corrected chi connectivity index (χ4v) is 1.96. The van der Waals surface area contributed by atoms with Gasteiger partial charge in [0.1, 0.15) is 0 Å². The number of carbonyl (C=O) groups is 2. The molecule has 5 nitrogen and oxygen atoms in total. The molecule has 5 heteroatoms. The van der Waals surface area contributed by atoms with Crippen LogP contribution in [0.15, 0.2) is 36.4 Å². The first-order valence-electron chi connectivity index (χ1n) is 7.94. The van der Waals surface area contributed by atoms with Crippen molar-refractivity contribution < 1.29 is 24.5 Å². The van der Waals surface area contributed by atoms with Crippen LogP contribution < -0.4 is 0 Å². The second kappa shape index (κ2) is 20.1. The highest BCUT2D eigenvalue weighted by molar-refractivity contribution is 5.65. The topological polar surface area (TPSA) is 83.8 Å². The van der Waals surface area contributed by atoms with Gasteiger partial charge in [0.2, 0.25) is 0 Å². The van der Waals surface area contributed by atoms with E-state index < -0.39 is 0 Å². The maximum absolute atomic E-state index is 9.82. The number of esters is 1. The molecule has 0 amide bonds. The van der Waals surface area contributed by atoms with Crippen LogP contribution in [-0.4, -0.2) is 35.9 Å². The first kappa shape index (κ1) is 23.4. The summed E-state index contributed by atoms with van der Waals surface area (Å²) in [6.45, 7) is 3.82. The van der Waals surface area contributed by atoms with E-state index in [1.165, 1.54) is 39.0 Å². The van der Waals surface area contributed by atoms with Crippen LogP contribution in [0.3, 0.4) is 0 Å². The summed E-state index contributed by atoms with van der Waals surface area (Å²) in [5.74, 6) is 0.432. The zero-order valence-corrected chi connectivity index (χ0v) is 14.2. The molecule has 0 bridgehead atoms. The molecule has 0 aromatic heterocycles. The molecule has 0 heterocycles. The van der Waals surface area contributed by atoms with Crippen molar-refractivity contribution in [2.24, 2.45) is 5.92 Å². The molecule has 1 fully saturated rings. The molecule has 1 aliphatic carbocycles. The molecule has 1 aliphatic rings. The van der Waals surface area contributed by atoms with Gasteiger partial charge in [-0.25, -0.2) is 0 Å². The van der Waals surface area contributed by atoms with Gasteiger partial charge in [0.15, 0.2) is 0 Å². The minimum absolute atomic E-state index is 0.211. The lowest BCUT2D eigenvalue weighted by molar-refractivity contribution is -0.140. The minimum atomic E-state index is -0.250. The molecule has 0 saturated heterocycles. The van der Waals surface area contributed by atoms with E-state index in [2.05, 4.69) is 4.74 Å². The van der Waals surface area contributed by atoms with Crippen LogP contribution in [0.5, 0.6) is 0 Å². The summed E-state index contributed by atoms with van der Waals surface area (Å²) in [5, 5.41) is 15.6. The van der Waals surface area contributed by atoms with Gasteiger partial charge in [-0.15, -0.1) is 0 Å². The third kappa shape index (κ3) is 22.5. The Labute approximate surface area is 139 Å². The van der Waals surface area contributed by atoms with Gasteiger partial charge in [-0.3, -0.25) is 9.59 Å². The Morgan fingerprint density at radius 1 is 1.09 bits per heavy atom. The molecule has 1 aromatic rings. The second-order valence-corrected chi connectivity index (χ2v) is 4.87. The lowest BCUT2D eigenvalue weighted by atomic mass is 9.90. The number of benzene rings is 1. The maximum Gasteiger partial charge on any atom is 0.302 e. The van der Waals surface area contributed by atoms with E-state index in [-0.39, 0.29) is 12.4 Å². The summed E-state index contributed by atoms with van der Waals surface area (Å²) in [5.41, 5.74) is 0. The van der Waals surface area contributed by atoms with Crippen LogP contribution in [0.2, 0.25) is 0 Å². The number of ether oxygens (including phenoxy) is 1. The molecule has 2 N–H and O–H groups in total. The molecule has 2 rings (SSSR count). The molecule has 1 aromatic carbocycles. The van der Waals surface area contributed by atoms with Crippen molar-refractivity contribution in [3.8, 4) is 0 Å². The zero-order chi connectivity index (χ0) is 17.8. The van der Waals surface area contributed by atoms with Crippen molar-refractivity contribution >= 4 is 12.4 Å². The SMILES string of the molecule is CCOC(C)=O.O=CO.OCC1CCCCC1.c1ccccc1. The second-order valence-electron chi connectivity index (χ2n) is 4.87. The third-order valence-electron chi connectivity index (χ3n) is 3.00. The molecule has 0 spiro atoms. The number of carbonyl (C=O) groups excluding carboxylic acids is 1. The van der Waals surface area contributed by atoms with Gasteiger partial charge in [-0.2, -0.15) is 0 Å². The molecular formula is C18H30O5. The summed E-state index contributed by atoms with van der Waals surface area (Å²) < 4.78 is 4.40. The van der Waals surface area contributed by atoms with E-state index in [0.29, 0.717) is 19.1 Å². The van der Waals surface area contributed by atoms with Crippen LogP contribution in [0.1, 0.15) is 46.0 Å². The molecule has 23 heavy (non-hydrogen) atoms. The van der Waals surface area contributed by atoms with Gasteiger partial charge in [-0.05, 0) is 25.7 Å². The summed E-state index contributed by atoms with van der Waals surface area (Å²) in [7, 11) is 0. The summed E-state index contributed by atoms with van der Waals surface area (Å²) in [6, 6.07) is 12.0. The van der Waals surface area contributed by atoms with Crippen molar-refractivity contribution in [1.29, 1.82) is 0 Å². The Kier molecular flexibility index (Phi) is 20.5. The van der Waals surface area contributed by atoms with Gasteiger partial charge in [0, 0.05) is 13.5 Å². The molecule has 0 radical (unpaired) electrons. The van der Waals surface area contributed by atoms with Crippen molar-refractivity contribution in [2.75, 3.05) is 13.2 Å². The van der Waals surface area contributed by atoms with Crippen molar-refractivity contribution in [3.05, 3.63) is 36.4 Å². The van der Waals surface area contributed by atoms with E-state index in [1.807, 2.05) is 36.4 Å². The summed E-state index contributed by atoms with van der Waals surface area (Å²) in [4.78, 5) is 18.2. The summed E-state index contributed by atoms with van der Waals surface area (Å²) >= 11 is 0. The van der Waals surface area contributed by atoms with E-state index in [0.717, 1.165) is 0 Å². The van der Waals surface area contributed by atoms with Crippen molar-refractivity contribution in [2.45, 2.75) is 46.0 Å². The molecule has 132 valence electrons. The van der Waals surface area contributed by atoms with E-state index in [9.17, 15) is 4.79 Å². The zero-order valence-electron chi connectivity index (χ0n) is 14.2. The van der Waals surface area contributed by atoms with Gasteiger partial charge in [0.25, 0.3) is 6.47 Å². The van der Waals surface area contributed by atoms with Gasteiger partial charge >= 0.3 is 5.97 Å². The molecule has 0 atom stereocenters. The molecular weight excluding hydrogens is 296 g/mol.